The second-order valence-corrected chi connectivity index (χ2v) is 6.04. The predicted molar refractivity (Wildman–Crippen MR) is 95.7 cm³/mol. The van der Waals surface area contributed by atoms with Gasteiger partial charge in [-0.05, 0) is 24.3 Å². The SMILES string of the molecule is Nc1ccccc1Sc1nc(-c2ccccc2N)ccc1[N+](=O)[O-]. The molecule has 0 radical (unpaired) electrons. The van der Waals surface area contributed by atoms with Gasteiger partial charge in [0.15, 0.2) is 5.03 Å². The van der Waals surface area contributed by atoms with E-state index in [0.717, 1.165) is 5.56 Å². The fourth-order valence-corrected chi connectivity index (χ4v) is 3.14. The molecule has 120 valence electrons. The van der Waals surface area contributed by atoms with Crippen LogP contribution in [0, 0.1) is 10.1 Å². The van der Waals surface area contributed by atoms with Crippen molar-refractivity contribution in [3.63, 3.8) is 0 Å². The summed E-state index contributed by atoms with van der Waals surface area (Å²) in [4.78, 5) is 16.0. The number of rotatable bonds is 4. The van der Waals surface area contributed by atoms with E-state index < -0.39 is 4.92 Å². The maximum atomic E-state index is 11.3. The molecule has 0 unspecified atom stereocenters. The van der Waals surface area contributed by atoms with E-state index in [9.17, 15) is 10.1 Å². The molecule has 4 N–H and O–H groups in total. The summed E-state index contributed by atoms with van der Waals surface area (Å²) >= 11 is 1.17. The second-order valence-electron chi connectivity index (χ2n) is 5.01. The number of benzene rings is 2. The molecule has 1 aromatic heterocycles. The molecule has 0 saturated carbocycles. The predicted octanol–water partition coefficient (Wildman–Crippen LogP) is 3.97. The Labute approximate surface area is 142 Å². The van der Waals surface area contributed by atoms with Gasteiger partial charge in [-0.2, -0.15) is 0 Å². The van der Waals surface area contributed by atoms with E-state index in [4.69, 9.17) is 11.5 Å². The van der Waals surface area contributed by atoms with Crippen LogP contribution in [0.2, 0.25) is 0 Å². The van der Waals surface area contributed by atoms with Crippen LogP contribution in [0.3, 0.4) is 0 Å². The summed E-state index contributed by atoms with van der Waals surface area (Å²) in [5.74, 6) is 0. The van der Waals surface area contributed by atoms with Crippen LogP contribution in [-0.2, 0) is 0 Å². The van der Waals surface area contributed by atoms with Gasteiger partial charge >= 0.3 is 5.69 Å². The maximum absolute atomic E-state index is 11.3. The van der Waals surface area contributed by atoms with Gasteiger partial charge in [-0.15, -0.1) is 0 Å². The van der Waals surface area contributed by atoms with E-state index in [1.54, 1.807) is 24.3 Å². The van der Waals surface area contributed by atoms with Crippen LogP contribution in [0.25, 0.3) is 11.3 Å². The van der Waals surface area contributed by atoms with Crippen LogP contribution in [0.15, 0.2) is 70.6 Å². The van der Waals surface area contributed by atoms with Crippen LogP contribution in [0.4, 0.5) is 17.1 Å². The maximum Gasteiger partial charge on any atom is 0.301 e. The van der Waals surface area contributed by atoms with Gasteiger partial charge in [0.05, 0.1) is 10.6 Å². The molecular weight excluding hydrogens is 324 g/mol. The Balaban J connectivity index is 2.09. The molecule has 1 heterocycles. The van der Waals surface area contributed by atoms with Crippen molar-refractivity contribution in [3.05, 3.63) is 70.8 Å². The molecule has 0 aliphatic carbocycles. The lowest BCUT2D eigenvalue weighted by Gasteiger charge is -2.09. The molecule has 0 atom stereocenters. The third-order valence-corrected chi connectivity index (χ3v) is 4.48. The van der Waals surface area contributed by atoms with Crippen LogP contribution in [0.5, 0.6) is 0 Å². The Bertz CT molecular complexity index is 915. The van der Waals surface area contributed by atoms with Crippen molar-refractivity contribution < 1.29 is 4.92 Å². The third-order valence-electron chi connectivity index (χ3n) is 3.40. The first-order chi connectivity index (χ1) is 11.6. The highest BCUT2D eigenvalue weighted by molar-refractivity contribution is 7.99. The van der Waals surface area contributed by atoms with Crippen LogP contribution < -0.4 is 11.5 Å². The highest BCUT2D eigenvalue weighted by Gasteiger charge is 2.19. The highest BCUT2D eigenvalue weighted by Crippen LogP contribution is 2.38. The standard InChI is InChI=1S/C17H14N4O2S/c18-12-6-2-1-5-11(12)14-9-10-15(21(22)23)17(20-14)24-16-8-4-3-7-13(16)19/h1-10H,18-19H2. The quantitative estimate of drug-likeness (QED) is 0.423. The summed E-state index contributed by atoms with van der Waals surface area (Å²) in [6.45, 7) is 0. The molecule has 0 saturated heterocycles. The largest absolute Gasteiger partial charge is 0.398 e. The van der Waals surface area contributed by atoms with Crippen LogP contribution >= 0.6 is 11.8 Å². The Morgan fingerprint density at radius 3 is 2.25 bits per heavy atom. The van der Waals surface area contributed by atoms with Crippen molar-refractivity contribution >= 4 is 28.8 Å². The molecule has 2 aromatic carbocycles. The minimum Gasteiger partial charge on any atom is -0.398 e. The topological polar surface area (TPSA) is 108 Å². The molecular formula is C17H14N4O2S. The van der Waals surface area contributed by atoms with Gasteiger partial charge < -0.3 is 11.5 Å². The van der Waals surface area contributed by atoms with E-state index in [1.807, 2.05) is 30.3 Å². The van der Waals surface area contributed by atoms with E-state index in [-0.39, 0.29) is 10.7 Å². The average molecular weight is 338 g/mol. The number of anilines is 2. The highest BCUT2D eigenvalue weighted by atomic mass is 32.2. The summed E-state index contributed by atoms with van der Waals surface area (Å²) < 4.78 is 0. The van der Waals surface area contributed by atoms with E-state index >= 15 is 0 Å². The number of hydrogen-bond acceptors (Lipinski definition) is 6. The molecule has 0 fully saturated rings. The lowest BCUT2D eigenvalue weighted by molar-refractivity contribution is -0.388. The van der Waals surface area contributed by atoms with Gasteiger partial charge in [0.1, 0.15) is 0 Å². The van der Waals surface area contributed by atoms with Crippen molar-refractivity contribution in [2.45, 2.75) is 9.92 Å². The van der Waals surface area contributed by atoms with Crippen LogP contribution in [-0.4, -0.2) is 9.91 Å². The molecule has 0 aliphatic rings. The molecule has 0 bridgehead atoms. The molecule has 0 aliphatic heterocycles. The first kappa shape index (κ1) is 15.8. The lowest BCUT2D eigenvalue weighted by Crippen LogP contribution is -1.97. The zero-order valence-corrected chi connectivity index (χ0v) is 13.4. The monoisotopic (exact) mass is 338 g/mol. The molecule has 7 heteroatoms. The Morgan fingerprint density at radius 1 is 0.917 bits per heavy atom. The zero-order valence-electron chi connectivity index (χ0n) is 12.5. The number of aromatic nitrogens is 1. The molecule has 3 aromatic rings. The number of pyridine rings is 1. The zero-order chi connectivity index (χ0) is 17.1. The molecule has 0 spiro atoms. The smallest absolute Gasteiger partial charge is 0.301 e. The van der Waals surface area contributed by atoms with Gasteiger partial charge in [-0.25, -0.2) is 4.98 Å². The lowest BCUT2D eigenvalue weighted by atomic mass is 10.1. The van der Waals surface area contributed by atoms with E-state index in [0.29, 0.717) is 22.0 Å². The van der Waals surface area contributed by atoms with Crippen molar-refractivity contribution in [1.82, 2.24) is 4.98 Å². The minimum atomic E-state index is -0.452. The van der Waals surface area contributed by atoms with Gasteiger partial charge in [0, 0.05) is 27.9 Å². The Hall–Kier alpha value is -3.06. The van der Waals surface area contributed by atoms with E-state index in [2.05, 4.69) is 4.98 Å². The summed E-state index contributed by atoms with van der Waals surface area (Å²) in [6, 6.07) is 17.5. The minimum absolute atomic E-state index is 0.0681. The Kier molecular flexibility index (Phi) is 4.35. The third kappa shape index (κ3) is 3.16. The summed E-state index contributed by atoms with van der Waals surface area (Å²) in [6.07, 6.45) is 0. The number of nitrogens with two attached hydrogens (primary N) is 2. The Morgan fingerprint density at radius 2 is 1.58 bits per heavy atom. The number of para-hydroxylation sites is 2. The van der Waals surface area contributed by atoms with Gasteiger partial charge in [0.2, 0.25) is 0 Å². The number of nitro groups is 1. The number of hydrogen-bond donors (Lipinski definition) is 2. The number of nitrogen functional groups attached to an aromatic ring is 2. The summed E-state index contributed by atoms with van der Waals surface area (Å²) in [5, 5.41) is 11.6. The second kappa shape index (κ2) is 6.59. The van der Waals surface area contributed by atoms with Gasteiger partial charge in [-0.1, -0.05) is 42.1 Å². The fourth-order valence-electron chi connectivity index (χ4n) is 2.21. The van der Waals surface area contributed by atoms with Gasteiger partial charge in [0.25, 0.3) is 0 Å². The molecule has 6 nitrogen and oxygen atoms in total. The number of nitrogens with zero attached hydrogens (tertiary/aromatic N) is 2. The summed E-state index contributed by atoms with van der Waals surface area (Å²) in [5.41, 5.74) is 14.3. The normalized spacial score (nSPS) is 10.5. The fraction of sp³-hybridized carbons (Fsp3) is 0. The first-order valence-corrected chi connectivity index (χ1v) is 7.90. The average Bonchev–Trinajstić information content (AvgIpc) is 2.57. The van der Waals surface area contributed by atoms with E-state index in [1.165, 1.54) is 17.8 Å². The molecule has 24 heavy (non-hydrogen) atoms. The molecule has 3 rings (SSSR count). The van der Waals surface area contributed by atoms with Crippen molar-refractivity contribution in [1.29, 1.82) is 0 Å². The van der Waals surface area contributed by atoms with Crippen molar-refractivity contribution in [2.75, 3.05) is 11.5 Å². The first-order valence-electron chi connectivity index (χ1n) is 7.09. The van der Waals surface area contributed by atoms with Crippen molar-refractivity contribution in [2.24, 2.45) is 0 Å². The van der Waals surface area contributed by atoms with Gasteiger partial charge in [-0.3, -0.25) is 10.1 Å². The molecule has 0 amide bonds. The van der Waals surface area contributed by atoms with Crippen molar-refractivity contribution in [3.8, 4) is 11.3 Å². The van der Waals surface area contributed by atoms with Crippen LogP contribution in [0.1, 0.15) is 0 Å². The summed E-state index contributed by atoms with van der Waals surface area (Å²) in [7, 11) is 0.